The van der Waals surface area contributed by atoms with Crippen LogP contribution >= 0.6 is 0 Å². The Balaban J connectivity index is 1.93. The van der Waals surface area contributed by atoms with E-state index in [2.05, 4.69) is 53.3 Å². The molecular formula is C25H31N7. The van der Waals surface area contributed by atoms with Crippen LogP contribution in [0.2, 0.25) is 0 Å². The van der Waals surface area contributed by atoms with Gasteiger partial charge in [-0.15, -0.1) is 0 Å². The number of anilines is 1. The first kappa shape index (κ1) is 23.0. The van der Waals surface area contributed by atoms with Crippen molar-refractivity contribution >= 4 is 29.6 Å². The van der Waals surface area contributed by atoms with Gasteiger partial charge in [0.2, 0.25) is 5.96 Å². The third kappa shape index (κ3) is 4.80. The zero-order valence-corrected chi connectivity index (χ0v) is 19.3. The third-order valence-corrected chi connectivity index (χ3v) is 5.81. The maximum absolute atomic E-state index is 9.43. The maximum atomic E-state index is 9.43. The van der Waals surface area contributed by atoms with Crippen molar-refractivity contribution in [3.63, 3.8) is 0 Å². The van der Waals surface area contributed by atoms with Gasteiger partial charge in [-0.1, -0.05) is 45.2 Å². The summed E-state index contributed by atoms with van der Waals surface area (Å²) in [6.45, 7) is 18.3. The highest BCUT2D eigenvalue weighted by Crippen LogP contribution is 2.26. The number of hydrogen-bond donors (Lipinski definition) is 1. The van der Waals surface area contributed by atoms with E-state index in [0.717, 1.165) is 47.1 Å². The van der Waals surface area contributed by atoms with Crippen molar-refractivity contribution in [1.82, 2.24) is 20.2 Å². The molecule has 1 unspecified atom stereocenters. The highest BCUT2D eigenvalue weighted by molar-refractivity contribution is 5.85. The van der Waals surface area contributed by atoms with Crippen LogP contribution in [0.5, 0.6) is 0 Å². The van der Waals surface area contributed by atoms with Gasteiger partial charge < -0.3 is 9.80 Å². The SMILES string of the molecule is C=Cc1ncc(N2CCN(C(=Nc3c(C)cccc3C)NC#N)C(C(C)C)C2)nc1C=C. The number of hydrogen-bond acceptors (Lipinski definition) is 5. The summed E-state index contributed by atoms with van der Waals surface area (Å²) in [5.74, 6) is 1.74. The molecule has 2 heterocycles. The molecule has 1 aromatic heterocycles. The topological polar surface area (TPSA) is 80.4 Å². The van der Waals surface area contributed by atoms with Crippen molar-refractivity contribution in [2.45, 2.75) is 33.7 Å². The van der Waals surface area contributed by atoms with Crippen LogP contribution in [0.4, 0.5) is 11.5 Å². The molecule has 0 radical (unpaired) electrons. The van der Waals surface area contributed by atoms with Gasteiger partial charge in [0.25, 0.3) is 0 Å². The van der Waals surface area contributed by atoms with Gasteiger partial charge in [-0.2, -0.15) is 5.26 Å². The molecular weight excluding hydrogens is 398 g/mol. The van der Waals surface area contributed by atoms with Crippen molar-refractivity contribution in [3.8, 4) is 6.19 Å². The largest absolute Gasteiger partial charge is 0.351 e. The van der Waals surface area contributed by atoms with Gasteiger partial charge in [0.05, 0.1) is 29.3 Å². The molecule has 7 heteroatoms. The van der Waals surface area contributed by atoms with Crippen molar-refractivity contribution in [3.05, 3.63) is 60.1 Å². The lowest BCUT2D eigenvalue weighted by molar-refractivity contribution is 0.220. The van der Waals surface area contributed by atoms with Gasteiger partial charge in [-0.05, 0) is 43.0 Å². The maximum Gasteiger partial charge on any atom is 0.213 e. The number of rotatable bonds is 5. The number of nitrogens with zero attached hydrogens (tertiary/aromatic N) is 6. The summed E-state index contributed by atoms with van der Waals surface area (Å²) in [7, 11) is 0. The second-order valence-electron chi connectivity index (χ2n) is 8.27. The molecule has 32 heavy (non-hydrogen) atoms. The van der Waals surface area contributed by atoms with E-state index in [9.17, 15) is 5.26 Å². The number of aryl methyl sites for hydroxylation is 2. The molecule has 1 atom stereocenters. The number of guanidine groups is 1. The molecule has 1 aliphatic rings. The molecule has 166 valence electrons. The average Bonchev–Trinajstić information content (AvgIpc) is 2.80. The smallest absolute Gasteiger partial charge is 0.213 e. The van der Waals surface area contributed by atoms with E-state index in [4.69, 9.17) is 9.98 Å². The van der Waals surface area contributed by atoms with Crippen LogP contribution in [-0.4, -0.2) is 46.5 Å². The lowest BCUT2D eigenvalue weighted by Crippen LogP contribution is -2.59. The molecule has 7 nitrogen and oxygen atoms in total. The van der Waals surface area contributed by atoms with Crippen molar-refractivity contribution in [1.29, 1.82) is 5.26 Å². The zero-order chi connectivity index (χ0) is 23.3. The Kier molecular flexibility index (Phi) is 7.26. The number of nitriles is 1. The lowest BCUT2D eigenvalue weighted by atomic mass is 9.99. The van der Waals surface area contributed by atoms with Gasteiger partial charge in [0, 0.05) is 19.6 Å². The third-order valence-electron chi connectivity index (χ3n) is 5.81. The number of para-hydroxylation sites is 1. The Hall–Kier alpha value is -3.66. The predicted molar refractivity (Wildman–Crippen MR) is 132 cm³/mol. The van der Waals surface area contributed by atoms with Crippen molar-refractivity contribution in [2.24, 2.45) is 10.9 Å². The zero-order valence-electron chi connectivity index (χ0n) is 19.3. The number of nitrogens with one attached hydrogen (secondary N) is 1. The molecule has 0 saturated carbocycles. The minimum Gasteiger partial charge on any atom is -0.351 e. The standard InChI is InChI=1S/C25H31N7/c1-7-20-21(8-2)29-23(14-27-20)31-12-13-32(22(15-31)17(3)4)25(28-16-26)30-24-18(5)10-9-11-19(24)6/h7-11,14,17,22H,1-2,12-13,15H2,3-6H3,(H,28,30). The monoisotopic (exact) mass is 429 g/mol. The number of aliphatic imine (C=N–C) groups is 1. The average molecular weight is 430 g/mol. The molecule has 0 bridgehead atoms. The van der Waals surface area contributed by atoms with Crippen LogP contribution in [0.3, 0.4) is 0 Å². The first-order valence-corrected chi connectivity index (χ1v) is 10.8. The number of piperazine rings is 1. The summed E-state index contributed by atoms with van der Waals surface area (Å²) < 4.78 is 0. The summed E-state index contributed by atoms with van der Waals surface area (Å²) in [6.07, 6.45) is 7.25. The molecule has 2 aromatic rings. The molecule has 0 aliphatic carbocycles. The Morgan fingerprint density at radius 3 is 2.50 bits per heavy atom. The van der Waals surface area contributed by atoms with E-state index in [1.54, 1.807) is 18.3 Å². The lowest BCUT2D eigenvalue weighted by Gasteiger charge is -2.44. The quantitative estimate of drug-likeness (QED) is 0.331. The van der Waals surface area contributed by atoms with Gasteiger partial charge in [-0.3, -0.25) is 10.3 Å². The summed E-state index contributed by atoms with van der Waals surface area (Å²) in [5.41, 5.74) is 4.51. The Morgan fingerprint density at radius 1 is 1.22 bits per heavy atom. The molecule has 1 aliphatic heterocycles. The fraction of sp³-hybridized carbons (Fsp3) is 0.360. The van der Waals surface area contributed by atoms with Crippen LogP contribution < -0.4 is 10.2 Å². The van der Waals surface area contributed by atoms with Crippen LogP contribution in [0.25, 0.3) is 12.2 Å². The molecule has 1 aromatic carbocycles. The van der Waals surface area contributed by atoms with E-state index < -0.39 is 0 Å². The van der Waals surface area contributed by atoms with Gasteiger partial charge >= 0.3 is 0 Å². The highest BCUT2D eigenvalue weighted by Gasteiger charge is 2.32. The summed E-state index contributed by atoms with van der Waals surface area (Å²) in [5, 5.41) is 12.3. The Morgan fingerprint density at radius 2 is 1.91 bits per heavy atom. The normalized spacial score (nSPS) is 16.6. The summed E-state index contributed by atoms with van der Waals surface area (Å²) in [6, 6.07) is 6.24. The molecule has 0 spiro atoms. The molecule has 1 saturated heterocycles. The van der Waals surface area contributed by atoms with Crippen LogP contribution in [0.1, 0.15) is 36.4 Å². The summed E-state index contributed by atoms with van der Waals surface area (Å²) >= 11 is 0. The minimum absolute atomic E-state index is 0.140. The van der Waals surface area contributed by atoms with Gasteiger partial charge in [0.15, 0.2) is 6.19 Å². The van der Waals surface area contributed by atoms with Gasteiger partial charge in [0.1, 0.15) is 5.82 Å². The van der Waals surface area contributed by atoms with Crippen molar-refractivity contribution in [2.75, 3.05) is 24.5 Å². The Bertz CT molecular complexity index is 1040. The second-order valence-corrected chi connectivity index (χ2v) is 8.27. The summed E-state index contributed by atoms with van der Waals surface area (Å²) in [4.78, 5) is 18.5. The molecule has 1 N–H and O–H groups in total. The Labute approximate surface area is 190 Å². The molecule has 0 amide bonds. The van der Waals surface area contributed by atoms with E-state index in [1.165, 1.54) is 0 Å². The number of aromatic nitrogens is 2. The first-order chi connectivity index (χ1) is 15.4. The second kappa shape index (κ2) is 10.1. The minimum atomic E-state index is 0.140. The van der Waals surface area contributed by atoms with E-state index in [-0.39, 0.29) is 6.04 Å². The number of benzene rings is 1. The van der Waals surface area contributed by atoms with Crippen molar-refractivity contribution < 1.29 is 0 Å². The van der Waals surface area contributed by atoms with E-state index in [1.807, 2.05) is 32.0 Å². The van der Waals surface area contributed by atoms with Crippen LogP contribution in [0, 0.1) is 31.2 Å². The van der Waals surface area contributed by atoms with E-state index in [0.29, 0.717) is 18.4 Å². The van der Waals surface area contributed by atoms with Crippen LogP contribution in [-0.2, 0) is 0 Å². The first-order valence-electron chi connectivity index (χ1n) is 10.8. The van der Waals surface area contributed by atoms with E-state index >= 15 is 0 Å². The van der Waals surface area contributed by atoms with Gasteiger partial charge in [-0.25, -0.2) is 9.98 Å². The molecule has 3 rings (SSSR count). The highest BCUT2D eigenvalue weighted by atomic mass is 15.4. The van der Waals surface area contributed by atoms with Crippen LogP contribution in [0.15, 0.2) is 42.5 Å². The fourth-order valence-electron chi connectivity index (χ4n) is 4.02. The molecule has 1 fully saturated rings. The fourth-order valence-corrected chi connectivity index (χ4v) is 4.02. The predicted octanol–water partition coefficient (Wildman–Crippen LogP) is 4.28.